The summed E-state index contributed by atoms with van der Waals surface area (Å²) in [5.41, 5.74) is 11.9. The molecule has 0 aromatic heterocycles. The molecule has 52 heavy (non-hydrogen) atoms. The average molecular weight is 686 g/mol. The maximum atomic E-state index is 13.6. The summed E-state index contributed by atoms with van der Waals surface area (Å²) in [7, 11) is 0. The van der Waals surface area contributed by atoms with E-state index in [9.17, 15) is 9.59 Å². The summed E-state index contributed by atoms with van der Waals surface area (Å²) >= 11 is 0. The normalized spacial score (nSPS) is 12.3. The first-order valence-corrected chi connectivity index (χ1v) is 17.9. The zero-order chi connectivity index (χ0) is 38.0. The van der Waals surface area contributed by atoms with Crippen LogP contribution in [-0.4, -0.2) is 12.1 Å². The average Bonchev–Trinajstić information content (AvgIpc) is 3.11. The van der Waals surface area contributed by atoms with Crippen LogP contribution < -0.4 is 4.90 Å². The zero-order valence-corrected chi connectivity index (χ0v) is 32.2. The summed E-state index contributed by atoms with van der Waals surface area (Å²) in [5, 5.41) is 2.15. The third-order valence-electron chi connectivity index (χ3n) is 9.70. The van der Waals surface area contributed by atoms with Gasteiger partial charge in [-0.05, 0) is 136 Å². The van der Waals surface area contributed by atoms with Gasteiger partial charge < -0.3 is 4.90 Å². The van der Waals surface area contributed by atoms with Crippen LogP contribution in [0.3, 0.4) is 0 Å². The predicted octanol–water partition coefficient (Wildman–Crippen LogP) is 13.6. The first-order chi connectivity index (χ1) is 24.6. The van der Waals surface area contributed by atoms with Crippen LogP contribution in [0.15, 0.2) is 110 Å². The second-order valence-corrected chi connectivity index (χ2v) is 15.7. The van der Waals surface area contributed by atoms with Crippen LogP contribution in [0.4, 0.5) is 17.1 Å². The maximum absolute atomic E-state index is 13.6. The molecule has 0 spiro atoms. The molecule has 5 aromatic rings. The van der Waals surface area contributed by atoms with Crippen molar-refractivity contribution in [3.05, 3.63) is 160 Å². The first kappa shape index (κ1) is 37.7. The largest absolute Gasteiger partial charge is 0.310 e. The quantitative estimate of drug-likeness (QED) is 0.0834. The maximum Gasteiger partial charge on any atom is 0.189 e. The van der Waals surface area contributed by atoms with Gasteiger partial charge in [0.15, 0.2) is 12.1 Å². The van der Waals surface area contributed by atoms with Crippen LogP contribution in [0.1, 0.15) is 115 Å². The number of carbonyl (C=O) groups excluding carboxylic acids is 2. The lowest BCUT2D eigenvalue weighted by Gasteiger charge is -2.32. The Morgan fingerprint density at radius 3 is 1.92 bits per heavy atom. The molecular weight excluding hydrogens is 635 g/mol. The monoisotopic (exact) mass is 685 g/mol. The van der Waals surface area contributed by atoms with Gasteiger partial charge >= 0.3 is 0 Å². The summed E-state index contributed by atoms with van der Waals surface area (Å²) in [6, 6.07) is 29.8. The van der Waals surface area contributed by atoms with Crippen molar-refractivity contribution in [2.24, 2.45) is 0 Å². The summed E-state index contributed by atoms with van der Waals surface area (Å²) in [6.45, 7) is 27.4. The molecule has 0 saturated heterocycles. The Labute approximate surface area is 310 Å². The van der Waals surface area contributed by atoms with Gasteiger partial charge in [-0.2, -0.15) is 0 Å². The number of rotatable bonds is 10. The molecule has 0 amide bonds. The van der Waals surface area contributed by atoms with E-state index < -0.39 is 0 Å². The number of nitrogens with zero attached hydrogens (tertiary/aromatic N) is 1. The lowest BCUT2D eigenvalue weighted by atomic mass is 9.80. The molecule has 0 bridgehead atoms. The second kappa shape index (κ2) is 15.0. The summed E-state index contributed by atoms with van der Waals surface area (Å²) in [4.78, 5) is 27.9. The fourth-order valence-corrected chi connectivity index (χ4v) is 6.58. The molecule has 5 aromatic carbocycles. The van der Waals surface area contributed by atoms with Gasteiger partial charge in [-0.15, -0.1) is 0 Å². The van der Waals surface area contributed by atoms with Crippen molar-refractivity contribution in [2.45, 2.75) is 73.1 Å². The topological polar surface area (TPSA) is 37.4 Å². The van der Waals surface area contributed by atoms with Gasteiger partial charge in [-0.3, -0.25) is 9.59 Å². The fraction of sp³-hybridized carbons (Fsp3) is 0.224. The molecule has 0 fully saturated rings. The number of aryl methyl sites for hydroxylation is 1. The highest BCUT2D eigenvalue weighted by Gasteiger charge is 2.25. The minimum Gasteiger partial charge on any atom is -0.310 e. The van der Waals surface area contributed by atoms with E-state index >= 15 is 0 Å². The van der Waals surface area contributed by atoms with Crippen LogP contribution in [0.25, 0.3) is 35.1 Å². The molecule has 3 heteroatoms. The van der Waals surface area contributed by atoms with Gasteiger partial charge in [0.1, 0.15) is 0 Å². The predicted molar refractivity (Wildman–Crippen MR) is 225 cm³/mol. The van der Waals surface area contributed by atoms with Gasteiger partial charge in [0.05, 0.1) is 5.69 Å². The molecule has 0 atom stereocenters. The van der Waals surface area contributed by atoms with Crippen LogP contribution in [0, 0.1) is 6.92 Å². The van der Waals surface area contributed by atoms with E-state index in [1.54, 1.807) is 31.2 Å². The van der Waals surface area contributed by atoms with E-state index in [0.29, 0.717) is 16.7 Å². The lowest BCUT2D eigenvalue weighted by Crippen LogP contribution is -2.19. The van der Waals surface area contributed by atoms with E-state index in [1.165, 1.54) is 22.3 Å². The van der Waals surface area contributed by atoms with Crippen molar-refractivity contribution < 1.29 is 9.59 Å². The van der Waals surface area contributed by atoms with E-state index in [4.69, 9.17) is 0 Å². The van der Waals surface area contributed by atoms with E-state index in [1.807, 2.05) is 12.1 Å². The molecule has 264 valence electrons. The fourth-order valence-electron chi connectivity index (χ4n) is 6.58. The molecule has 0 radical (unpaired) electrons. The van der Waals surface area contributed by atoms with Crippen LogP contribution in [-0.2, 0) is 10.8 Å². The highest BCUT2D eigenvalue weighted by molar-refractivity contribution is 6.15. The lowest BCUT2D eigenvalue weighted by molar-refractivity contribution is 0.102. The summed E-state index contributed by atoms with van der Waals surface area (Å²) in [5.74, 6) is -0.200. The SMILES string of the molecule is C=Cc1cc(C=O)c(C(=O)C(C)=Cc2ccc3cc(N(c4cc(C(C)(C)C)cc(C(C)(C)C)c4)c4cccc(C)c4/C=C\C)ccc3c2)cc1C=C. The Hall–Kier alpha value is -5.54. The zero-order valence-electron chi connectivity index (χ0n) is 32.2. The van der Waals surface area contributed by atoms with Crippen molar-refractivity contribution in [1.29, 1.82) is 0 Å². The second-order valence-electron chi connectivity index (χ2n) is 15.7. The molecule has 0 unspecified atom stereocenters. The molecule has 0 aliphatic heterocycles. The van der Waals surface area contributed by atoms with Gasteiger partial charge in [0.25, 0.3) is 0 Å². The third kappa shape index (κ3) is 7.85. The van der Waals surface area contributed by atoms with E-state index in [-0.39, 0.29) is 16.6 Å². The summed E-state index contributed by atoms with van der Waals surface area (Å²) < 4.78 is 0. The molecule has 3 nitrogen and oxygen atoms in total. The van der Waals surface area contributed by atoms with Crippen LogP contribution in [0.2, 0.25) is 0 Å². The number of benzene rings is 5. The smallest absolute Gasteiger partial charge is 0.189 e. The number of anilines is 3. The van der Waals surface area contributed by atoms with Gasteiger partial charge in [0, 0.05) is 28.1 Å². The van der Waals surface area contributed by atoms with Gasteiger partial charge in [0.2, 0.25) is 0 Å². The van der Waals surface area contributed by atoms with Crippen LogP contribution in [0.5, 0.6) is 0 Å². The van der Waals surface area contributed by atoms with Crippen molar-refractivity contribution in [3.63, 3.8) is 0 Å². The molecule has 0 heterocycles. The number of carbonyl (C=O) groups is 2. The highest BCUT2D eigenvalue weighted by Crippen LogP contribution is 2.43. The van der Waals surface area contributed by atoms with Gasteiger partial charge in [-0.25, -0.2) is 0 Å². The van der Waals surface area contributed by atoms with Crippen molar-refractivity contribution in [2.75, 3.05) is 4.90 Å². The molecule has 0 aliphatic rings. The molecule has 0 saturated carbocycles. The molecule has 5 rings (SSSR count). The van der Waals surface area contributed by atoms with E-state index in [2.05, 4.69) is 152 Å². The Morgan fingerprint density at radius 1 is 0.712 bits per heavy atom. The number of hydrogen-bond donors (Lipinski definition) is 0. The minimum atomic E-state index is -0.200. The minimum absolute atomic E-state index is 0.0367. The highest BCUT2D eigenvalue weighted by atomic mass is 16.1. The third-order valence-corrected chi connectivity index (χ3v) is 9.70. The molecule has 0 aliphatic carbocycles. The Bertz CT molecular complexity index is 2230. The number of hydrogen-bond acceptors (Lipinski definition) is 3. The van der Waals surface area contributed by atoms with Crippen LogP contribution >= 0.6 is 0 Å². The number of aldehydes is 1. The number of fused-ring (bicyclic) bond motifs is 1. The van der Waals surface area contributed by atoms with Crippen molar-refractivity contribution in [3.8, 4) is 0 Å². The Morgan fingerprint density at radius 2 is 1.33 bits per heavy atom. The Balaban J connectivity index is 1.64. The number of ketones is 1. The van der Waals surface area contributed by atoms with Crippen molar-refractivity contribution in [1.82, 2.24) is 0 Å². The number of allylic oxidation sites excluding steroid dienone is 2. The van der Waals surface area contributed by atoms with Crippen molar-refractivity contribution >= 4 is 64.2 Å². The number of Topliss-reactive ketones (excluding diaryl/α,β-unsaturated/α-hetero) is 1. The van der Waals surface area contributed by atoms with Gasteiger partial charge in [-0.1, -0.05) is 115 Å². The first-order valence-electron chi connectivity index (χ1n) is 17.9. The molecular formula is C49H51NO2. The standard InChI is InChI=1S/C49H51NO2/c1-12-16-44-32(4)17-15-18-46(44)50(43-29-40(48(6,7)8)28-41(30-43)49(9,10)11)42-22-21-37-24-34(19-20-38(37)26-42)23-33(5)47(52)45-27-36(14-3)35(13-2)25-39(45)31-51/h12-31H,2-3H2,1,4-11H3/b16-12-,33-23?. The summed E-state index contributed by atoms with van der Waals surface area (Å²) in [6.07, 6.45) is 10.2. The molecule has 0 N–H and O–H groups in total. The van der Waals surface area contributed by atoms with E-state index in [0.717, 1.165) is 50.8 Å². The Kier molecular flexibility index (Phi) is 10.9.